The van der Waals surface area contributed by atoms with Crippen LogP contribution in [0, 0.1) is 10.1 Å². The van der Waals surface area contributed by atoms with Crippen molar-refractivity contribution < 1.29 is 10.0 Å². The SMILES string of the molecule is CCNc1cc([N+](=O)[O-])cc(NCC(C)(O)CSC)n1. The number of aromatic nitrogens is 1. The summed E-state index contributed by atoms with van der Waals surface area (Å²) in [7, 11) is 0. The lowest BCUT2D eigenvalue weighted by Crippen LogP contribution is -2.36. The first-order valence-electron chi connectivity index (χ1n) is 6.23. The number of aliphatic hydroxyl groups is 1. The highest BCUT2D eigenvalue weighted by Crippen LogP contribution is 2.21. The van der Waals surface area contributed by atoms with Crippen LogP contribution in [-0.4, -0.2) is 45.7 Å². The van der Waals surface area contributed by atoms with Crippen LogP contribution in [0.5, 0.6) is 0 Å². The first-order chi connectivity index (χ1) is 9.38. The normalized spacial score (nSPS) is 13.6. The largest absolute Gasteiger partial charge is 0.387 e. The van der Waals surface area contributed by atoms with Crippen LogP contribution in [0.1, 0.15) is 13.8 Å². The molecule has 1 atom stereocenters. The van der Waals surface area contributed by atoms with Crippen LogP contribution >= 0.6 is 11.8 Å². The highest BCUT2D eigenvalue weighted by molar-refractivity contribution is 7.98. The molecule has 0 aliphatic rings. The second-order valence-corrected chi connectivity index (χ2v) is 5.53. The second-order valence-electron chi connectivity index (χ2n) is 4.67. The third-order valence-corrected chi connectivity index (χ3v) is 3.40. The number of rotatable bonds is 8. The maximum absolute atomic E-state index is 10.9. The molecule has 0 fully saturated rings. The minimum atomic E-state index is -0.899. The summed E-state index contributed by atoms with van der Waals surface area (Å²) in [6.45, 7) is 4.49. The van der Waals surface area contributed by atoms with Gasteiger partial charge in [-0.15, -0.1) is 0 Å². The van der Waals surface area contributed by atoms with Crippen molar-refractivity contribution in [3.05, 3.63) is 22.2 Å². The molecule has 3 N–H and O–H groups in total. The Morgan fingerprint density at radius 3 is 2.55 bits per heavy atom. The van der Waals surface area contributed by atoms with E-state index >= 15 is 0 Å². The summed E-state index contributed by atoms with van der Waals surface area (Å²) in [5.74, 6) is 1.37. The predicted molar refractivity (Wildman–Crippen MR) is 82.6 cm³/mol. The molecule has 1 unspecified atom stereocenters. The monoisotopic (exact) mass is 300 g/mol. The first kappa shape index (κ1) is 16.5. The standard InChI is InChI=1S/C12H20N4O3S/c1-4-13-10-5-9(16(18)19)6-11(15-10)14-7-12(2,17)8-20-3/h5-6,17H,4,7-8H2,1-3H3,(H2,13,14,15). The Kier molecular flexibility index (Phi) is 6.03. The molecule has 0 saturated carbocycles. The van der Waals surface area contributed by atoms with Crippen molar-refractivity contribution >= 4 is 29.1 Å². The fraction of sp³-hybridized carbons (Fsp3) is 0.583. The molecule has 0 saturated heterocycles. The Morgan fingerprint density at radius 1 is 1.45 bits per heavy atom. The van der Waals surface area contributed by atoms with Crippen LogP contribution in [0.4, 0.5) is 17.3 Å². The molecule has 0 aromatic carbocycles. The number of anilines is 2. The second kappa shape index (κ2) is 7.30. The van der Waals surface area contributed by atoms with Gasteiger partial charge in [0, 0.05) is 18.8 Å². The smallest absolute Gasteiger partial charge is 0.276 e. The van der Waals surface area contributed by atoms with Gasteiger partial charge in [0.1, 0.15) is 11.6 Å². The minimum Gasteiger partial charge on any atom is -0.387 e. The van der Waals surface area contributed by atoms with Crippen LogP contribution in [0.2, 0.25) is 0 Å². The molecule has 0 radical (unpaired) electrons. The number of nitrogens with zero attached hydrogens (tertiary/aromatic N) is 2. The van der Waals surface area contributed by atoms with Gasteiger partial charge < -0.3 is 15.7 Å². The molecule has 0 bridgehead atoms. The fourth-order valence-corrected chi connectivity index (χ4v) is 2.35. The molecule has 112 valence electrons. The zero-order valence-electron chi connectivity index (χ0n) is 11.8. The highest BCUT2D eigenvalue weighted by atomic mass is 32.2. The molecule has 1 heterocycles. The Morgan fingerprint density at radius 2 is 2.05 bits per heavy atom. The van der Waals surface area contributed by atoms with Crippen molar-refractivity contribution in [2.45, 2.75) is 19.4 Å². The Hall–Kier alpha value is -1.54. The van der Waals surface area contributed by atoms with Crippen molar-refractivity contribution in [2.24, 2.45) is 0 Å². The molecule has 1 aromatic rings. The number of hydrogen-bond donors (Lipinski definition) is 3. The summed E-state index contributed by atoms with van der Waals surface area (Å²) in [5, 5.41) is 26.8. The van der Waals surface area contributed by atoms with Crippen LogP contribution in [0.3, 0.4) is 0 Å². The van der Waals surface area contributed by atoms with Crippen molar-refractivity contribution in [3.8, 4) is 0 Å². The van der Waals surface area contributed by atoms with Gasteiger partial charge in [-0.25, -0.2) is 4.98 Å². The number of nitrogens with one attached hydrogen (secondary N) is 2. The van der Waals surface area contributed by atoms with Gasteiger partial charge in [0.05, 0.1) is 22.7 Å². The van der Waals surface area contributed by atoms with E-state index in [0.29, 0.717) is 23.9 Å². The van der Waals surface area contributed by atoms with Gasteiger partial charge in [-0.1, -0.05) is 0 Å². The first-order valence-corrected chi connectivity index (χ1v) is 7.63. The molecule has 0 aliphatic heterocycles. The summed E-state index contributed by atoms with van der Waals surface area (Å²) >= 11 is 1.53. The van der Waals surface area contributed by atoms with Crippen LogP contribution in [0.25, 0.3) is 0 Å². The molecule has 1 rings (SSSR count). The summed E-state index contributed by atoms with van der Waals surface area (Å²) < 4.78 is 0. The lowest BCUT2D eigenvalue weighted by molar-refractivity contribution is -0.384. The van der Waals surface area contributed by atoms with E-state index in [9.17, 15) is 15.2 Å². The molecule has 7 nitrogen and oxygen atoms in total. The van der Waals surface area contributed by atoms with Gasteiger partial charge in [0.25, 0.3) is 5.69 Å². The average Bonchev–Trinajstić information content (AvgIpc) is 2.36. The molecule has 1 aromatic heterocycles. The maximum Gasteiger partial charge on any atom is 0.276 e. The lowest BCUT2D eigenvalue weighted by Gasteiger charge is -2.22. The third kappa shape index (κ3) is 5.22. The van der Waals surface area contributed by atoms with E-state index in [0.717, 1.165) is 0 Å². The van der Waals surface area contributed by atoms with Gasteiger partial charge in [-0.05, 0) is 20.1 Å². The Balaban J connectivity index is 2.85. The minimum absolute atomic E-state index is 0.0389. The maximum atomic E-state index is 10.9. The summed E-state index contributed by atoms with van der Waals surface area (Å²) in [6, 6.07) is 2.74. The molecule has 0 amide bonds. The molecule has 20 heavy (non-hydrogen) atoms. The van der Waals surface area contributed by atoms with Gasteiger partial charge in [0.15, 0.2) is 0 Å². The van der Waals surface area contributed by atoms with E-state index in [-0.39, 0.29) is 12.2 Å². The topological polar surface area (TPSA) is 100 Å². The van der Waals surface area contributed by atoms with E-state index in [1.165, 1.54) is 23.9 Å². The highest BCUT2D eigenvalue weighted by Gasteiger charge is 2.20. The zero-order chi connectivity index (χ0) is 15.2. The zero-order valence-corrected chi connectivity index (χ0v) is 12.7. The fourth-order valence-electron chi connectivity index (χ4n) is 1.63. The predicted octanol–water partition coefficient (Wildman–Crippen LogP) is 1.95. The number of nitro groups is 1. The number of pyridine rings is 1. The van der Waals surface area contributed by atoms with Gasteiger partial charge >= 0.3 is 0 Å². The van der Waals surface area contributed by atoms with E-state index in [1.807, 2.05) is 13.2 Å². The van der Waals surface area contributed by atoms with E-state index in [2.05, 4.69) is 15.6 Å². The molecule has 0 aliphatic carbocycles. The van der Waals surface area contributed by atoms with E-state index in [4.69, 9.17) is 0 Å². The molecule has 0 spiro atoms. The van der Waals surface area contributed by atoms with Gasteiger partial charge in [-0.3, -0.25) is 10.1 Å². The van der Waals surface area contributed by atoms with Crippen LogP contribution in [0.15, 0.2) is 12.1 Å². The van der Waals surface area contributed by atoms with E-state index in [1.54, 1.807) is 6.92 Å². The average molecular weight is 300 g/mol. The van der Waals surface area contributed by atoms with Crippen molar-refractivity contribution in [3.63, 3.8) is 0 Å². The molecule has 8 heteroatoms. The van der Waals surface area contributed by atoms with Crippen molar-refractivity contribution in [2.75, 3.05) is 35.7 Å². The number of hydrogen-bond acceptors (Lipinski definition) is 7. The van der Waals surface area contributed by atoms with Crippen molar-refractivity contribution in [1.29, 1.82) is 0 Å². The lowest BCUT2D eigenvalue weighted by atomic mass is 10.1. The van der Waals surface area contributed by atoms with E-state index < -0.39 is 10.5 Å². The molecular weight excluding hydrogens is 280 g/mol. The van der Waals surface area contributed by atoms with Crippen LogP contribution in [-0.2, 0) is 0 Å². The van der Waals surface area contributed by atoms with Gasteiger partial charge in [0.2, 0.25) is 0 Å². The Labute approximate surface area is 122 Å². The summed E-state index contributed by atoms with van der Waals surface area (Å²) in [4.78, 5) is 14.6. The van der Waals surface area contributed by atoms with Crippen molar-refractivity contribution in [1.82, 2.24) is 4.98 Å². The summed E-state index contributed by atoms with van der Waals surface area (Å²) in [6.07, 6.45) is 1.91. The quantitative estimate of drug-likeness (QED) is 0.498. The summed E-state index contributed by atoms with van der Waals surface area (Å²) in [5.41, 5.74) is -0.938. The van der Waals surface area contributed by atoms with Crippen LogP contribution < -0.4 is 10.6 Å². The van der Waals surface area contributed by atoms with Gasteiger partial charge in [-0.2, -0.15) is 11.8 Å². The number of thioether (sulfide) groups is 1. The third-order valence-electron chi connectivity index (χ3n) is 2.48. The molecular formula is C12H20N4O3S. The Bertz CT molecular complexity index is 468.